The standard InChI is InChI=1S/C22H17FOS/c1-3-14-5-7-15(8-6-14)16-9-11-17-18-10-4-13(2)20(23)21(18)24-22(25)19(17)12-16/h4-12H,3H2,1-2H3. The minimum Gasteiger partial charge on any atom is -0.441 e. The number of benzene rings is 3. The van der Waals surface area contributed by atoms with Crippen LogP contribution in [-0.4, -0.2) is 0 Å². The second-order valence-corrected chi connectivity index (χ2v) is 6.64. The summed E-state index contributed by atoms with van der Waals surface area (Å²) in [6.45, 7) is 3.86. The molecule has 0 unspecified atom stereocenters. The van der Waals surface area contributed by atoms with Gasteiger partial charge in [-0.3, -0.25) is 0 Å². The molecule has 0 aliphatic rings. The summed E-state index contributed by atoms with van der Waals surface area (Å²) >= 11 is 5.40. The smallest absolute Gasteiger partial charge is 0.198 e. The largest absolute Gasteiger partial charge is 0.441 e. The molecule has 0 saturated carbocycles. The van der Waals surface area contributed by atoms with Crippen molar-refractivity contribution in [3.63, 3.8) is 0 Å². The lowest BCUT2D eigenvalue weighted by Crippen LogP contribution is -1.88. The molecule has 25 heavy (non-hydrogen) atoms. The van der Waals surface area contributed by atoms with E-state index in [1.165, 1.54) is 5.56 Å². The van der Waals surface area contributed by atoms with Crippen LogP contribution in [0.2, 0.25) is 0 Å². The minimum absolute atomic E-state index is 0.234. The van der Waals surface area contributed by atoms with Gasteiger partial charge in [-0.05, 0) is 59.3 Å². The first kappa shape index (κ1) is 16.0. The number of fused-ring (bicyclic) bond motifs is 3. The van der Waals surface area contributed by atoms with Gasteiger partial charge in [-0.15, -0.1) is 0 Å². The fourth-order valence-corrected chi connectivity index (χ4v) is 3.43. The van der Waals surface area contributed by atoms with Crippen LogP contribution in [0.15, 0.2) is 59.0 Å². The molecule has 0 bridgehead atoms. The fraction of sp³-hybridized carbons (Fsp3) is 0.136. The number of halogens is 1. The summed E-state index contributed by atoms with van der Waals surface area (Å²) in [7, 11) is 0. The zero-order valence-corrected chi connectivity index (χ0v) is 14.9. The number of hydrogen-bond acceptors (Lipinski definition) is 2. The molecule has 3 heteroatoms. The average Bonchev–Trinajstić information content (AvgIpc) is 2.65. The van der Waals surface area contributed by atoms with Crippen molar-refractivity contribution < 1.29 is 8.81 Å². The van der Waals surface area contributed by atoms with Gasteiger partial charge in [0.05, 0.1) is 0 Å². The van der Waals surface area contributed by atoms with Crippen LogP contribution in [0.25, 0.3) is 32.9 Å². The SMILES string of the molecule is CCc1ccc(-c2ccc3c(c2)c(=S)oc2c(F)c(C)ccc23)cc1. The van der Waals surface area contributed by atoms with Crippen molar-refractivity contribution in [3.8, 4) is 11.1 Å². The van der Waals surface area contributed by atoms with Gasteiger partial charge in [0.2, 0.25) is 0 Å². The number of rotatable bonds is 2. The Labute approximate surface area is 150 Å². The number of aryl methyl sites for hydroxylation is 2. The Hall–Kier alpha value is -2.52. The Kier molecular flexibility index (Phi) is 3.89. The van der Waals surface area contributed by atoms with Crippen LogP contribution < -0.4 is 0 Å². The van der Waals surface area contributed by atoms with Gasteiger partial charge in [0.15, 0.2) is 16.1 Å². The molecule has 1 heterocycles. The van der Waals surface area contributed by atoms with Crippen molar-refractivity contribution in [1.29, 1.82) is 0 Å². The van der Waals surface area contributed by atoms with Gasteiger partial charge in [-0.1, -0.05) is 55.5 Å². The van der Waals surface area contributed by atoms with Gasteiger partial charge in [-0.2, -0.15) is 0 Å². The molecule has 0 saturated heterocycles. The van der Waals surface area contributed by atoms with E-state index in [-0.39, 0.29) is 11.4 Å². The summed E-state index contributed by atoms with van der Waals surface area (Å²) in [4.78, 5) is 0. The molecule has 124 valence electrons. The predicted molar refractivity (Wildman–Crippen MR) is 104 cm³/mol. The molecule has 0 aliphatic carbocycles. The van der Waals surface area contributed by atoms with E-state index < -0.39 is 0 Å². The van der Waals surface area contributed by atoms with Gasteiger partial charge in [0.25, 0.3) is 0 Å². The molecule has 0 N–H and O–H groups in total. The topological polar surface area (TPSA) is 13.1 Å². The lowest BCUT2D eigenvalue weighted by Gasteiger charge is -2.09. The Morgan fingerprint density at radius 2 is 1.56 bits per heavy atom. The molecule has 0 aliphatic heterocycles. The van der Waals surface area contributed by atoms with Crippen LogP contribution in [0.5, 0.6) is 0 Å². The molecular formula is C22H17FOS. The quantitative estimate of drug-likeness (QED) is 0.286. The van der Waals surface area contributed by atoms with Crippen molar-refractivity contribution in [1.82, 2.24) is 0 Å². The summed E-state index contributed by atoms with van der Waals surface area (Å²) in [5.74, 6) is -0.343. The highest BCUT2D eigenvalue weighted by Gasteiger charge is 2.12. The second kappa shape index (κ2) is 6.08. The van der Waals surface area contributed by atoms with Crippen molar-refractivity contribution in [2.24, 2.45) is 0 Å². The molecule has 0 radical (unpaired) electrons. The minimum atomic E-state index is -0.343. The molecule has 0 atom stereocenters. The molecule has 4 aromatic rings. The van der Waals surface area contributed by atoms with Crippen molar-refractivity contribution >= 4 is 34.0 Å². The third-order valence-corrected chi connectivity index (χ3v) is 5.01. The third kappa shape index (κ3) is 2.65. The second-order valence-electron chi connectivity index (χ2n) is 6.27. The lowest BCUT2D eigenvalue weighted by molar-refractivity contribution is 0.542. The van der Waals surface area contributed by atoms with E-state index in [0.29, 0.717) is 10.3 Å². The van der Waals surface area contributed by atoms with E-state index in [1.807, 2.05) is 18.2 Å². The van der Waals surface area contributed by atoms with Crippen LogP contribution in [0.4, 0.5) is 4.39 Å². The van der Waals surface area contributed by atoms with E-state index >= 15 is 0 Å². The van der Waals surface area contributed by atoms with Crippen LogP contribution in [-0.2, 0) is 6.42 Å². The van der Waals surface area contributed by atoms with Gasteiger partial charge in [0.1, 0.15) is 0 Å². The highest BCUT2D eigenvalue weighted by atomic mass is 32.1. The van der Waals surface area contributed by atoms with Gasteiger partial charge in [-0.25, -0.2) is 4.39 Å². The first-order valence-electron chi connectivity index (χ1n) is 8.33. The van der Waals surface area contributed by atoms with Gasteiger partial charge in [0, 0.05) is 10.8 Å². The van der Waals surface area contributed by atoms with E-state index in [1.54, 1.807) is 13.0 Å². The van der Waals surface area contributed by atoms with Gasteiger partial charge < -0.3 is 4.42 Å². The van der Waals surface area contributed by atoms with E-state index in [9.17, 15) is 4.39 Å². The molecule has 0 amide bonds. The van der Waals surface area contributed by atoms with Crippen LogP contribution in [0, 0.1) is 17.4 Å². The Morgan fingerprint density at radius 1 is 0.880 bits per heavy atom. The molecule has 4 rings (SSSR count). The summed E-state index contributed by atoms with van der Waals surface area (Å²) in [5, 5.41) is 2.50. The van der Waals surface area contributed by atoms with E-state index in [2.05, 4.69) is 37.3 Å². The molecule has 1 aromatic heterocycles. The highest BCUT2D eigenvalue weighted by Crippen LogP contribution is 2.32. The number of hydrogen-bond donors (Lipinski definition) is 0. The molecule has 0 fully saturated rings. The first-order chi connectivity index (χ1) is 12.1. The average molecular weight is 348 g/mol. The molecule has 3 aromatic carbocycles. The monoisotopic (exact) mass is 348 g/mol. The maximum Gasteiger partial charge on any atom is 0.198 e. The van der Waals surface area contributed by atoms with Crippen molar-refractivity contribution in [2.45, 2.75) is 20.3 Å². The Balaban J connectivity index is 1.97. The van der Waals surface area contributed by atoms with Crippen LogP contribution in [0.3, 0.4) is 0 Å². The fourth-order valence-electron chi connectivity index (χ4n) is 3.17. The summed E-state index contributed by atoms with van der Waals surface area (Å²) in [5.41, 5.74) is 4.29. The maximum atomic E-state index is 14.4. The zero-order chi connectivity index (χ0) is 17.6. The maximum absolute atomic E-state index is 14.4. The van der Waals surface area contributed by atoms with E-state index in [4.69, 9.17) is 16.6 Å². The molecule has 0 spiro atoms. The zero-order valence-electron chi connectivity index (χ0n) is 14.1. The lowest BCUT2D eigenvalue weighted by atomic mass is 9.99. The van der Waals surface area contributed by atoms with E-state index in [0.717, 1.165) is 33.7 Å². The van der Waals surface area contributed by atoms with Crippen LogP contribution in [0.1, 0.15) is 18.1 Å². The van der Waals surface area contributed by atoms with Crippen molar-refractivity contribution in [2.75, 3.05) is 0 Å². The third-order valence-electron chi connectivity index (χ3n) is 4.71. The molecule has 1 nitrogen and oxygen atoms in total. The van der Waals surface area contributed by atoms with Crippen molar-refractivity contribution in [3.05, 3.63) is 76.2 Å². The van der Waals surface area contributed by atoms with Gasteiger partial charge >= 0.3 is 0 Å². The summed E-state index contributed by atoms with van der Waals surface area (Å²) in [6, 6.07) is 18.2. The van der Waals surface area contributed by atoms with Crippen LogP contribution >= 0.6 is 12.2 Å². The Bertz CT molecular complexity index is 1160. The first-order valence-corrected chi connectivity index (χ1v) is 8.74. The molecular weight excluding hydrogens is 331 g/mol. The summed E-state index contributed by atoms with van der Waals surface area (Å²) < 4.78 is 20.4. The Morgan fingerprint density at radius 3 is 2.28 bits per heavy atom. The predicted octanol–water partition coefficient (Wildman–Crippen LogP) is 6.99. The normalized spacial score (nSPS) is 11.3. The highest BCUT2D eigenvalue weighted by molar-refractivity contribution is 7.71. The summed E-state index contributed by atoms with van der Waals surface area (Å²) in [6.07, 6.45) is 1.02.